The van der Waals surface area contributed by atoms with Crippen molar-refractivity contribution in [2.45, 2.75) is 41.2 Å². The van der Waals surface area contributed by atoms with E-state index in [0.29, 0.717) is 27.0 Å². The highest BCUT2D eigenvalue weighted by Crippen LogP contribution is 2.33. The Morgan fingerprint density at radius 1 is 1.28 bits per heavy atom. The zero-order chi connectivity index (χ0) is 21.3. The maximum Gasteiger partial charge on any atom is 0.341 e. The highest BCUT2D eigenvalue weighted by atomic mass is 35.5. The Labute approximate surface area is 182 Å². The molecule has 3 rings (SSSR count). The maximum absolute atomic E-state index is 12.8. The van der Waals surface area contributed by atoms with E-state index >= 15 is 0 Å². The van der Waals surface area contributed by atoms with Crippen LogP contribution in [0, 0.1) is 27.7 Å². The van der Waals surface area contributed by atoms with E-state index in [1.807, 2.05) is 43.8 Å². The van der Waals surface area contributed by atoms with E-state index < -0.39 is 5.97 Å². The molecule has 0 saturated carbocycles. The van der Waals surface area contributed by atoms with Crippen molar-refractivity contribution in [3.05, 3.63) is 54.3 Å². The lowest BCUT2D eigenvalue weighted by atomic mass is 10.1. The highest BCUT2D eigenvalue weighted by molar-refractivity contribution is 7.17. The van der Waals surface area contributed by atoms with Gasteiger partial charge in [-0.2, -0.15) is 5.10 Å². The van der Waals surface area contributed by atoms with E-state index in [1.165, 1.54) is 22.7 Å². The Morgan fingerprint density at radius 2 is 2.00 bits per heavy atom. The number of halogens is 1. The number of amides is 1. The van der Waals surface area contributed by atoms with E-state index in [2.05, 4.69) is 10.4 Å². The molecule has 0 aliphatic carbocycles. The first-order chi connectivity index (χ1) is 13.7. The number of anilines is 1. The molecule has 3 aromatic rings. The van der Waals surface area contributed by atoms with E-state index in [-0.39, 0.29) is 12.5 Å². The van der Waals surface area contributed by atoms with Crippen LogP contribution in [0.1, 0.15) is 54.3 Å². The third-order valence-electron chi connectivity index (χ3n) is 4.60. The molecule has 0 bridgehead atoms. The molecular weight excluding hydrogens is 430 g/mol. The lowest BCUT2D eigenvalue weighted by Crippen LogP contribution is -2.14. The number of carbonyl (C=O) groups excluding carboxylic acids is 2. The molecule has 1 amide bonds. The van der Waals surface area contributed by atoms with Crippen LogP contribution in [0.2, 0.25) is 5.02 Å². The zero-order valence-corrected chi connectivity index (χ0v) is 19.3. The average molecular weight is 452 g/mol. The summed E-state index contributed by atoms with van der Waals surface area (Å²) in [6.45, 7) is 10.1. The number of esters is 1. The summed E-state index contributed by atoms with van der Waals surface area (Å²) in [5.41, 5.74) is 3.90. The van der Waals surface area contributed by atoms with Crippen LogP contribution in [0.4, 0.5) is 5.00 Å². The van der Waals surface area contributed by atoms with Gasteiger partial charge in [0.25, 0.3) is 5.91 Å². The summed E-state index contributed by atoms with van der Waals surface area (Å²) in [5, 5.41) is 10.4. The first-order valence-corrected chi connectivity index (χ1v) is 11.2. The summed E-state index contributed by atoms with van der Waals surface area (Å²) >= 11 is 8.93. The van der Waals surface area contributed by atoms with Crippen LogP contribution in [0.25, 0.3) is 0 Å². The Morgan fingerprint density at radius 3 is 2.62 bits per heavy atom. The molecule has 3 aromatic heterocycles. The molecule has 0 radical (unpaired) electrons. The first kappa shape index (κ1) is 21.5. The number of carbonyl (C=O) groups is 2. The zero-order valence-electron chi connectivity index (χ0n) is 16.9. The highest BCUT2D eigenvalue weighted by Gasteiger charge is 2.23. The predicted octanol–water partition coefficient (Wildman–Crippen LogP) is 5.37. The van der Waals surface area contributed by atoms with Crippen LogP contribution in [-0.4, -0.2) is 28.3 Å². The fourth-order valence-electron chi connectivity index (χ4n) is 2.91. The van der Waals surface area contributed by atoms with Gasteiger partial charge in [-0.05, 0) is 57.2 Å². The summed E-state index contributed by atoms with van der Waals surface area (Å²) in [6, 6.07) is 1.84. The molecule has 0 unspecified atom stereocenters. The maximum atomic E-state index is 12.8. The van der Waals surface area contributed by atoms with Gasteiger partial charge in [0.05, 0.1) is 40.0 Å². The lowest BCUT2D eigenvalue weighted by molar-refractivity contribution is 0.0527. The molecule has 0 aliphatic rings. The summed E-state index contributed by atoms with van der Waals surface area (Å²) in [4.78, 5) is 26.6. The molecule has 0 spiro atoms. The second-order valence-corrected chi connectivity index (χ2v) is 9.14. The van der Waals surface area contributed by atoms with Gasteiger partial charge in [0.2, 0.25) is 0 Å². The summed E-state index contributed by atoms with van der Waals surface area (Å²) in [6.07, 6.45) is 0. The second-order valence-electron chi connectivity index (χ2n) is 6.62. The van der Waals surface area contributed by atoms with Gasteiger partial charge in [-0.25, -0.2) is 4.79 Å². The number of rotatable bonds is 6. The van der Waals surface area contributed by atoms with Gasteiger partial charge in [-0.15, -0.1) is 22.7 Å². The quantitative estimate of drug-likeness (QED) is 0.511. The fourth-order valence-corrected chi connectivity index (χ4v) is 4.89. The molecule has 0 saturated heterocycles. The first-order valence-electron chi connectivity index (χ1n) is 9.08. The van der Waals surface area contributed by atoms with Gasteiger partial charge in [-0.1, -0.05) is 11.6 Å². The van der Waals surface area contributed by atoms with Crippen molar-refractivity contribution in [1.29, 1.82) is 0 Å². The molecule has 0 atom stereocenters. The molecular formula is C20H22ClN3O3S2. The molecule has 154 valence electrons. The smallest absolute Gasteiger partial charge is 0.341 e. The van der Waals surface area contributed by atoms with E-state index in [4.69, 9.17) is 16.3 Å². The Bertz CT molecular complexity index is 1080. The largest absolute Gasteiger partial charge is 0.462 e. The topological polar surface area (TPSA) is 73.2 Å². The van der Waals surface area contributed by atoms with Crippen molar-refractivity contribution in [2.24, 2.45) is 0 Å². The third kappa shape index (κ3) is 4.39. The predicted molar refractivity (Wildman–Crippen MR) is 118 cm³/mol. The SMILES string of the molecule is CCOC(=O)c1c(NC(=O)c2cc(Cn3nc(C)c(Cl)c3C)cs2)sc(C)c1C. The molecule has 1 N–H and O–H groups in total. The molecule has 9 heteroatoms. The average Bonchev–Trinajstić information content (AvgIpc) is 3.31. The van der Waals surface area contributed by atoms with Crippen LogP contribution in [0.15, 0.2) is 11.4 Å². The number of thiophene rings is 2. The number of aromatic nitrogens is 2. The van der Waals surface area contributed by atoms with Crippen molar-refractivity contribution < 1.29 is 14.3 Å². The number of hydrogen-bond donors (Lipinski definition) is 1. The van der Waals surface area contributed by atoms with Gasteiger partial charge in [0, 0.05) is 4.88 Å². The van der Waals surface area contributed by atoms with Gasteiger partial charge in [0.15, 0.2) is 0 Å². The van der Waals surface area contributed by atoms with Crippen LogP contribution < -0.4 is 5.32 Å². The van der Waals surface area contributed by atoms with Crippen LogP contribution in [0.3, 0.4) is 0 Å². The van der Waals surface area contributed by atoms with Crippen LogP contribution in [0.5, 0.6) is 0 Å². The summed E-state index contributed by atoms with van der Waals surface area (Å²) in [7, 11) is 0. The van der Waals surface area contributed by atoms with Gasteiger partial charge < -0.3 is 10.1 Å². The van der Waals surface area contributed by atoms with Gasteiger partial charge in [-0.3, -0.25) is 9.48 Å². The minimum atomic E-state index is -0.419. The summed E-state index contributed by atoms with van der Waals surface area (Å²) < 4.78 is 6.97. The summed E-state index contributed by atoms with van der Waals surface area (Å²) in [5.74, 6) is -0.669. The number of hydrogen-bond acceptors (Lipinski definition) is 6. The molecule has 0 aromatic carbocycles. The third-order valence-corrected chi connectivity index (χ3v) is 7.24. The van der Waals surface area contributed by atoms with Crippen molar-refractivity contribution in [3.8, 4) is 0 Å². The van der Waals surface area contributed by atoms with E-state index in [9.17, 15) is 9.59 Å². The monoisotopic (exact) mass is 451 g/mol. The molecule has 3 heterocycles. The number of nitrogens with one attached hydrogen (secondary N) is 1. The minimum Gasteiger partial charge on any atom is -0.462 e. The van der Waals surface area contributed by atoms with Crippen molar-refractivity contribution >= 4 is 51.2 Å². The Balaban J connectivity index is 1.78. The van der Waals surface area contributed by atoms with E-state index in [0.717, 1.165) is 27.4 Å². The standard InChI is InChI=1S/C20H22ClN3O3S2/c1-6-27-20(26)16-10(2)13(5)29-19(16)22-18(25)15-7-14(9-28-15)8-24-12(4)17(21)11(3)23-24/h7,9H,6,8H2,1-5H3,(H,22,25). The molecule has 29 heavy (non-hydrogen) atoms. The van der Waals surface area contributed by atoms with Crippen molar-refractivity contribution in [2.75, 3.05) is 11.9 Å². The van der Waals surface area contributed by atoms with Crippen molar-refractivity contribution in [1.82, 2.24) is 9.78 Å². The lowest BCUT2D eigenvalue weighted by Gasteiger charge is -2.06. The Hall–Kier alpha value is -2.16. The molecule has 0 aliphatic heterocycles. The van der Waals surface area contributed by atoms with Crippen LogP contribution in [-0.2, 0) is 11.3 Å². The second kappa shape index (κ2) is 8.69. The van der Waals surface area contributed by atoms with Crippen LogP contribution >= 0.6 is 34.3 Å². The number of nitrogens with zero attached hydrogens (tertiary/aromatic N) is 2. The molecule has 6 nitrogen and oxygen atoms in total. The van der Waals surface area contributed by atoms with E-state index in [1.54, 1.807) is 6.92 Å². The minimum absolute atomic E-state index is 0.251. The molecule has 0 fully saturated rings. The fraction of sp³-hybridized carbons (Fsp3) is 0.350. The number of ether oxygens (including phenoxy) is 1. The van der Waals surface area contributed by atoms with Gasteiger partial charge in [0.1, 0.15) is 5.00 Å². The number of aryl methyl sites for hydroxylation is 2. The normalized spacial score (nSPS) is 11.0. The van der Waals surface area contributed by atoms with Gasteiger partial charge >= 0.3 is 5.97 Å². The van der Waals surface area contributed by atoms with Crippen molar-refractivity contribution in [3.63, 3.8) is 0 Å². The Kier molecular flexibility index (Phi) is 6.45.